The van der Waals surface area contributed by atoms with Crippen molar-refractivity contribution in [1.82, 2.24) is 0 Å². The minimum Gasteiger partial charge on any atom is -0.330 e. The fourth-order valence-electron chi connectivity index (χ4n) is 2.36. The minimum absolute atomic E-state index is 0.514. The summed E-state index contributed by atoms with van der Waals surface area (Å²) in [7, 11) is 0. The van der Waals surface area contributed by atoms with Crippen LogP contribution in [-0.4, -0.2) is 6.54 Å². The largest absolute Gasteiger partial charge is 0.330 e. The maximum Gasteiger partial charge on any atom is -0.00206 e. The second kappa shape index (κ2) is 4.86. The molecule has 1 saturated carbocycles. The average Bonchev–Trinajstić information content (AvgIpc) is 2.06. The van der Waals surface area contributed by atoms with E-state index in [1.165, 1.54) is 51.4 Å². The summed E-state index contributed by atoms with van der Waals surface area (Å²) < 4.78 is 0. The third kappa shape index (κ3) is 2.48. The molecule has 1 aliphatic rings. The van der Waals surface area contributed by atoms with Gasteiger partial charge < -0.3 is 5.73 Å². The van der Waals surface area contributed by atoms with E-state index >= 15 is 0 Å². The van der Waals surface area contributed by atoms with Gasteiger partial charge in [0.1, 0.15) is 0 Å². The summed E-state index contributed by atoms with van der Waals surface area (Å²) in [5.41, 5.74) is 6.38. The Kier molecular flexibility index (Phi) is 4.07. The van der Waals surface area contributed by atoms with Crippen LogP contribution in [0.25, 0.3) is 0 Å². The first-order valence-corrected chi connectivity index (χ1v) is 5.53. The highest BCUT2D eigenvalue weighted by Crippen LogP contribution is 2.35. The van der Waals surface area contributed by atoms with Gasteiger partial charge in [-0.2, -0.15) is 0 Å². The van der Waals surface area contributed by atoms with Gasteiger partial charge in [-0.1, -0.05) is 39.0 Å². The molecule has 0 atom stereocenters. The molecule has 0 spiro atoms. The summed E-state index contributed by atoms with van der Waals surface area (Å²) in [6.07, 6.45) is 11.2. The zero-order valence-electron chi connectivity index (χ0n) is 8.44. The lowest BCUT2D eigenvalue weighted by atomic mass is 9.74. The summed E-state index contributed by atoms with van der Waals surface area (Å²) in [6.45, 7) is 3.21. The topological polar surface area (TPSA) is 26.0 Å². The molecule has 12 heavy (non-hydrogen) atoms. The monoisotopic (exact) mass is 169 g/mol. The van der Waals surface area contributed by atoms with Gasteiger partial charge in [0.05, 0.1) is 0 Å². The lowest BCUT2D eigenvalue weighted by Crippen LogP contribution is -2.30. The number of rotatable bonds is 2. The number of hydrogen-bond donors (Lipinski definition) is 1. The first-order chi connectivity index (χ1) is 5.83. The summed E-state index contributed by atoms with van der Waals surface area (Å²) in [4.78, 5) is 0. The second-order valence-electron chi connectivity index (χ2n) is 4.33. The summed E-state index contributed by atoms with van der Waals surface area (Å²) >= 11 is 0. The lowest BCUT2D eigenvalue weighted by molar-refractivity contribution is 0.210. The Morgan fingerprint density at radius 1 is 1.00 bits per heavy atom. The van der Waals surface area contributed by atoms with Crippen molar-refractivity contribution in [2.45, 2.75) is 58.3 Å². The van der Waals surface area contributed by atoms with Crippen molar-refractivity contribution in [2.24, 2.45) is 11.1 Å². The Balaban J connectivity index is 2.45. The second-order valence-corrected chi connectivity index (χ2v) is 4.33. The van der Waals surface area contributed by atoms with Crippen LogP contribution in [0.3, 0.4) is 0 Å². The van der Waals surface area contributed by atoms with E-state index in [4.69, 9.17) is 5.73 Å². The van der Waals surface area contributed by atoms with Gasteiger partial charge in [-0.3, -0.25) is 0 Å². The lowest BCUT2D eigenvalue weighted by Gasteiger charge is -2.33. The number of hydrogen-bond acceptors (Lipinski definition) is 1. The molecule has 0 heterocycles. The molecular formula is C11H23N. The summed E-state index contributed by atoms with van der Waals surface area (Å²) in [5.74, 6) is 0. The highest BCUT2D eigenvalue weighted by Gasteiger charge is 2.26. The first kappa shape index (κ1) is 10.0. The van der Waals surface area contributed by atoms with Crippen molar-refractivity contribution < 1.29 is 0 Å². The van der Waals surface area contributed by atoms with E-state index in [1.807, 2.05) is 0 Å². The third-order valence-corrected chi connectivity index (χ3v) is 3.60. The smallest absolute Gasteiger partial charge is 0.00206 e. The van der Waals surface area contributed by atoms with Crippen LogP contribution in [0.1, 0.15) is 58.3 Å². The van der Waals surface area contributed by atoms with Gasteiger partial charge in [0, 0.05) is 0 Å². The minimum atomic E-state index is 0.514. The molecule has 0 aromatic heterocycles. The van der Waals surface area contributed by atoms with E-state index < -0.39 is 0 Å². The summed E-state index contributed by atoms with van der Waals surface area (Å²) in [6, 6.07) is 0. The van der Waals surface area contributed by atoms with Crippen molar-refractivity contribution in [2.75, 3.05) is 6.54 Å². The van der Waals surface area contributed by atoms with Gasteiger partial charge >= 0.3 is 0 Å². The SMILES string of the molecule is CCC1(CN)CCCCCCC1. The fraction of sp³-hybridized carbons (Fsp3) is 1.00. The highest BCUT2D eigenvalue weighted by atomic mass is 14.6. The fourth-order valence-corrected chi connectivity index (χ4v) is 2.36. The molecule has 2 N–H and O–H groups in total. The van der Waals surface area contributed by atoms with E-state index in [-0.39, 0.29) is 0 Å². The van der Waals surface area contributed by atoms with E-state index in [9.17, 15) is 0 Å². The van der Waals surface area contributed by atoms with Crippen LogP contribution in [0.2, 0.25) is 0 Å². The molecule has 1 rings (SSSR count). The molecule has 0 aromatic carbocycles. The van der Waals surface area contributed by atoms with E-state index in [0.29, 0.717) is 5.41 Å². The Morgan fingerprint density at radius 2 is 1.50 bits per heavy atom. The van der Waals surface area contributed by atoms with Crippen molar-refractivity contribution in [3.05, 3.63) is 0 Å². The molecule has 0 amide bonds. The highest BCUT2D eigenvalue weighted by molar-refractivity contribution is 4.80. The van der Waals surface area contributed by atoms with Gasteiger partial charge in [-0.15, -0.1) is 0 Å². The van der Waals surface area contributed by atoms with Crippen molar-refractivity contribution in [1.29, 1.82) is 0 Å². The average molecular weight is 169 g/mol. The molecule has 0 bridgehead atoms. The Hall–Kier alpha value is -0.0400. The van der Waals surface area contributed by atoms with Crippen LogP contribution in [0, 0.1) is 5.41 Å². The van der Waals surface area contributed by atoms with E-state index in [0.717, 1.165) is 6.54 Å². The van der Waals surface area contributed by atoms with Gasteiger partial charge in [0.15, 0.2) is 0 Å². The molecule has 1 fully saturated rings. The molecule has 0 unspecified atom stereocenters. The van der Waals surface area contributed by atoms with Gasteiger partial charge in [0.25, 0.3) is 0 Å². The molecule has 0 saturated heterocycles. The zero-order chi connectivity index (χ0) is 8.86. The first-order valence-electron chi connectivity index (χ1n) is 5.53. The Morgan fingerprint density at radius 3 is 1.92 bits per heavy atom. The van der Waals surface area contributed by atoms with E-state index in [2.05, 4.69) is 6.92 Å². The van der Waals surface area contributed by atoms with Gasteiger partial charge in [-0.25, -0.2) is 0 Å². The van der Waals surface area contributed by atoms with Crippen molar-refractivity contribution >= 4 is 0 Å². The molecule has 72 valence electrons. The summed E-state index contributed by atoms with van der Waals surface area (Å²) in [5, 5.41) is 0. The molecule has 1 heteroatoms. The molecule has 0 aliphatic heterocycles. The van der Waals surface area contributed by atoms with Crippen LogP contribution in [0.5, 0.6) is 0 Å². The Bertz CT molecular complexity index is 106. The molecule has 1 nitrogen and oxygen atoms in total. The third-order valence-electron chi connectivity index (χ3n) is 3.60. The molecule has 0 radical (unpaired) electrons. The maximum atomic E-state index is 5.87. The van der Waals surface area contributed by atoms with Crippen molar-refractivity contribution in [3.8, 4) is 0 Å². The predicted molar refractivity (Wildman–Crippen MR) is 54.1 cm³/mol. The predicted octanol–water partition coefficient (Wildman–Crippen LogP) is 3.09. The quantitative estimate of drug-likeness (QED) is 0.675. The van der Waals surface area contributed by atoms with Crippen molar-refractivity contribution in [3.63, 3.8) is 0 Å². The van der Waals surface area contributed by atoms with Crippen LogP contribution in [0.15, 0.2) is 0 Å². The molecular weight excluding hydrogens is 146 g/mol. The molecule has 1 aliphatic carbocycles. The van der Waals surface area contributed by atoms with Crippen LogP contribution < -0.4 is 5.73 Å². The normalized spacial score (nSPS) is 24.5. The zero-order valence-corrected chi connectivity index (χ0v) is 8.44. The molecule has 0 aromatic rings. The van der Waals surface area contributed by atoms with E-state index in [1.54, 1.807) is 0 Å². The maximum absolute atomic E-state index is 5.87. The van der Waals surface area contributed by atoms with Crippen LogP contribution in [0.4, 0.5) is 0 Å². The van der Waals surface area contributed by atoms with Crippen LogP contribution >= 0.6 is 0 Å². The number of nitrogens with two attached hydrogens (primary N) is 1. The van der Waals surface area contributed by atoms with Gasteiger partial charge in [-0.05, 0) is 31.2 Å². The van der Waals surface area contributed by atoms with Crippen LogP contribution in [-0.2, 0) is 0 Å². The van der Waals surface area contributed by atoms with Gasteiger partial charge in [0.2, 0.25) is 0 Å². The Labute approximate surface area is 76.7 Å². The standard InChI is InChI=1S/C11H23N/c1-2-11(10-12)8-6-4-3-5-7-9-11/h2-10,12H2,1H3.